The number of H-pyrrole nitrogens is 1. The maximum atomic E-state index is 12.3. The molecule has 3 N–H and O–H groups in total. The highest BCUT2D eigenvalue weighted by Crippen LogP contribution is 2.26. The first-order valence-corrected chi connectivity index (χ1v) is 7.56. The van der Waals surface area contributed by atoms with Gasteiger partial charge in [0.15, 0.2) is 5.82 Å². The van der Waals surface area contributed by atoms with E-state index < -0.39 is 5.91 Å². The minimum Gasteiger partial charge on any atom is -0.507 e. The Balaban J connectivity index is 1.96. The summed E-state index contributed by atoms with van der Waals surface area (Å²) in [4.78, 5) is 12.3. The fourth-order valence-electron chi connectivity index (χ4n) is 1.95. The molecule has 7 heteroatoms. The first kappa shape index (κ1) is 14.1. The smallest absolute Gasteiger partial charge is 0.260 e. The molecule has 0 spiro atoms. The highest BCUT2D eigenvalue weighted by atomic mass is 79.9. The minimum atomic E-state index is -0.429. The summed E-state index contributed by atoms with van der Waals surface area (Å²) in [5.41, 5.74) is 0.988. The maximum absolute atomic E-state index is 12.3. The molecule has 0 aliphatic rings. The van der Waals surface area contributed by atoms with Gasteiger partial charge in [-0.2, -0.15) is 5.10 Å². The number of benzene rings is 2. The maximum Gasteiger partial charge on any atom is 0.260 e. The van der Waals surface area contributed by atoms with Gasteiger partial charge >= 0.3 is 0 Å². The number of fused-ring (bicyclic) bond motifs is 1. The lowest BCUT2D eigenvalue weighted by Gasteiger charge is -2.05. The number of hydrogen-bond acceptors (Lipinski definition) is 3. The van der Waals surface area contributed by atoms with Gasteiger partial charge in [0.05, 0.1) is 11.1 Å². The summed E-state index contributed by atoms with van der Waals surface area (Å²) < 4.78 is 1.59. The third kappa shape index (κ3) is 2.79. The molecule has 0 unspecified atom stereocenters. The van der Waals surface area contributed by atoms with Crippen molar-refractivity contribution in [3.63, 3.8) is 0 Å². The van der Waals surface area contributed by atoms with E-state index in [1.165, 1.54) is 6.07 Å². The standard InChI is InChI=1S/C14H9Br2N3O2/c15-7-1-3-11-9(5-7)13(19-18-11)17-14(21)10-6-8(16)2-4-12(10)20/h1-6,20H,(H2,17,18,19,21). The zero-order valence-electron chi connectivity index (χ0n) is 10.5. The molecule has 2 aromatic carbocycles. The predicted molar refractivity (Wildman–Crippen MR) is 87.6 cm³/mol. The molecule has 3 aromatic rings. The molecule has 0 fully saturated rings. The summed E-state index contributed by atoms with van der Waals surface area (Å²) >= 11 is 6.66. The molecule has 0 aliphatic heterocycles. The Morgan fingerprint density at radius 3 is 2.67 bits per heavy atom. The third-order valence-electron chi connectivity index (χ3n) is 2.96. The van der Waals surface area contributed by atoms with Crippen LogP contribution < -0.4 is 5.32 Å². The van der Waals surface area contributed by atoms with Crippen LogP contribution in [0.4, 0.5) is 5.82 Å². The number of rotatable bonds is 2. The van der Waals surface area contributed by atoms with Crippen molar-refractivity contribution in [1.29, 1.82) is 0 Å². The fourth-order valence-corrected chi connectivity index (χ4v) is 2.67. The number of aromatic amines is 1. The molecule has 21 heavy (non-hydrogen) atoms. The molecule has 0 atom stereocenters. The van der Waals surface area contributed by atoms with E-state index >= 15 is 0 Å². The van der Waals surface area contributed by atoms with Gasteiger partial charge in [0, 0.05) is 14.3 Å². The lowest BCUT2D eigenvalue weighted by Crippen LogP contribution is -2.12. The number of phenols is 1. The van der Waals surface area contributed by atoms with E-state index in [1.807, 2.05) is 18.2 Å². The SMILES string of the molecule is O=C(Nc1n[nH]c2ccc(Br)cc12)c1cc(Br)ccc1O. The average molecular weight is 411 g/mol. The number of nitrogens with zero attached hydrogens (tertiary/aromatic N) is 1. The van der Waals surface area contributed by atoms with Crippen LogP contribution in [-0.4, -0.2) is 21.2 Å². The zero-order valence-corrected chi connectivity index (χ0v) is 13.7. The van der Waals surface area contributed by atoms with Gasteiger partial charge in [0.25, 0.3) is 5.91 Å². The largest absolute Gasteiger partial charge is 0.507 e. The van der Waals surface area contributed by atoms with Gasteiger partial charge in [-0.1, -0.05) is 31.9 Å². The molecule has 0 aliphatic carbocycles. The van der Waals surface area contributed by atoms with Crippen molar-refractivity contribution in [3.8, 4) is 5.75 Å². The number of hydrogen-bond donors (Lipinski definition) is 3. The second-order valence-electron chi connectivity index (χ2n) is 4.38. The lowest BCUT2D eigenvalue weighted by molar-refractivity contribution is 0.102. The fraction of sp³-hybridized carbons (Fsp3) is 0. The molecule has 1 amide bonds. The molecular weight excluding hydrogens is 402 g/mol. The van der Waals surface area contributed by atoms with Gasteiger partial charge in [0.2, 0.25) is 0 Å². The summed E-state index contributed by atoms with van der Waals surface area (Å²) in [7, 11) is 0. The number of carbonyl (C=O) groups is 1. The molecule has 1 heterocycles. The summed E-state index contributed by atoms with van der Waals surface area (Å²) in [6.07, 6.45) is 0. The van der Waals surface area contributed by atoms with Crippen molar-refractivity contribution in [1.82, 2.24) is 10.2 Å². The number of carbonyl (C=O) groups excluding carboxylic acids is 1. The van der Waals surface area contributed by atoms with Crippen LogP contribution in [0.15, 0.2) is 45.3 Å². The Morgan fingerprint density at radius 1 is 1.14 bits per heavy atom. The number of halogens is 2. The average Bonchev–Trinajstić information content (AvgIpc) is 2.84. The zero-order chi connectivity index (χ0) is 15.0. The van der Waals surface area contributed by atoms with Crippen LogP contribution in [-0.2, 0) is 0 Å². The van der Waals surface area contributed by atoms with Gasteiger partial charge in [-0.15, -0.1) is 0 Å². The molecule has 0 bridgehead atoms. The summed E-state index contributed by atoms with van der Waals surface area (Å²) in [5.74, 6) is -0.102. The van der Waals surface area contributed by atoms with E-state index in [4.69, 9.17) is 0 Å². The van der Waals surface area contributed by atoms with Crippen LogP contribution in [0, 0.1) is 0 Å². The van der Waals surface area contributed by atoms with Crippen LogP contribution in [0.1, 0.15) is 10.4 Å². The Labute approximate surface area is 136 Å². The molecule has 0 saturated carbocycles. The molecule has 3 rings (SSSR count). The number of amides is 1. The molecule has 0 saturated heterocycles. The first-order chi connectivity index (χ1) is 10.0. The number of aromatic nitrogens is 2. The van der Waals surface area contributed by atoms with E-state index in [1.54, 1.807) is 12.1 Å². The van der Waals surface area contributed by atoms with Crippen molar-refractivity contribution >= 4 is 54.5 Å². The van der Waals surface area contributed by atoms with Crippen LogP contribution in [0.2, 0.25) is 0 Å². The van der Waals surface area contributed by atoms with E-state index in [0.717, 1.165) is 15.4 Å². The summed E-state index contributed by atoms with van der Waals surface area (Å²) in [6.45, 7) is 0. The second-order valence-corrected chi connectivity index (χ2v) is 6.21. The summed E-state index contributed by atoms with van der Waals surface area (Å²) in [6, 6.07) is 10.3. The quantitative estimate of drug-likeness (QED) is 0.596. The Morgan fingerprint density at radius 2 is 1.86 bits per heavy atom. The molecular formula is C14H9Br2N3O2. The van der Waals surface area contributed by atoms with Gasteiger partial charge in [-0.3, -0.25) is 9.89 Å². The van der Waals surface area contributed by atoms with Crippen LogP contribution in [0.3, 0.4) is 0 Å². The van der Waals surface area contributed by atoms with Gasteiger partial charge in [-0.25, -0.2) is 0 Å². The lowest BCUT2D eigenvalue weighted by atomic mass is 10.2. The highest BCUT2D eigenvalue weighted by molar-refractivity contribution is 9.10. The molecule has 5 nitrogen and oxygen atoms in total. The van der Waals surface area contributed by atoms with E-state index in [9.17, 15) is 9.90 Å². The topological polar surface area (TPSA) is 78.0 Å². The van der Waals surface area contributed by atoms with Crippen molar-refractivity contribution < 1.29 is 9.90 Å². The Hall–Kier alpha value is -1.86. The monoisotopic (exact) mass is 409 g/mol. The highest BCUT2D eigenvalue weighted by Gasteiger charge is 2.15. The van der Waals surface area contributed by atoms with Crippen molar-refractivity contribution in [2.24, 2.45) is 0 Å². The third-order valence-corrected chi connectivity index (χ3v) is 3.95. The minimum absolute atomic E-state index is 0.0864. The second kappa shape index (κ2) is 5.50. The van der Waals surface area contributed by atoms with Crippen molar-refractivity contribution in [2.45, 2.75) is 0 Å². The molecule has 0 radical (unpaired) electrons. The van der Waals surface area contributed by atoms with Crippen LogP contribution >= 0.6 is 31.9 Å². The number of anilines is 1. The van der Waals surface area contributed by atoms with Gasteiger partial charge < -0.3 is 10.4 Å². The van der Waals surface area contributed by atoms with Crippen LogP contribution in [0.5, 0.6) is 5.75 Å². The van der Waals surface area contributed by atoms with E-state index in [2.05, 4.69) is 47.4 Å². The van der Waals surface area contributed by atoms with Crippen molar-refractivity contribution in [2.75, 3.05) is 5.32 Å². The number of nitrogens with one attached hydrogen (secondary N) is 2. The predicted octanol–water partition coefficient (Wildman–Crippen LogP) is 4.05. The Kier molecular flexibility index (Phi) is 3.69. The molecule has 1 aromatic heterocycles. The van der Waals surface area contributed by atoms with Gasteiger partial charge in [-0.05, 0) is 36.4 Å². The van der Waals surface area contributed by atoms with E-state index in [-0.39, 0.29) is 11.3 Å². The van der Waals surface area contributed by atoms with Crippen molar-refractivity contribution in [3.05, 3.63) is 50.9 Å². The normalized spacial score (nSPS) is 10.8. The summed E-state index contributed by atoms with van der Waals surface area (Å²) in [5, 5.41) is 20.2. The number of phenolic OH excluding ortho intramolecular Hbond substituents is 1. The molecule has 106 valence electrons. The van der Waals surface area contributed by atoms with Crippen LogP contribution in [0.25, 0.3) is 10.9 Å². The van der Waals surface area contributed by atoms with Gasteiger partial charge in [0.1, 0.15) is 5.75 Å². The Bertz CT molecular complexity index is 845. The van der Waals surface area contributed by atoms with E-state index in [0.29, 0.717) is 10.3 Å². The number of aromatic hydroxyl groups is 1. The first-order valence-electron chi connectivity index (χ1n) is 5.98.